The van der Waals surface area contributed by atoms with Gasteiger partial charge in [-0.3, -0.25) is 19.2 Å². The van der Waals surface area contributed by atoms with Gasteiger partial charge in [0.25, 0.3) is 0 Å². The minimum atomic E-state index is -2.09. The third-order valence-corrected chi connectivity index (χ3v) is 7.26. The molecule has 0 N–H and O–H groups in total. The van der Waals surface area contributed by atoms with Gasteiger partial charge in [-0.1, -0.05) is 54.6 Å². The van der Waals surface area contributed by atoms with Gasteiger partial charge >= 0.3 is 0 Å². The molecular formula is C27H17NO7. The topological polar surface area (TPSA) is 99.2 Å². The number of imide groups is 1. The molecule has 2 saturated heterocycles. The molecule has 3 aromatic carbocycles. The lowest BCUT2D eigenvalue weighted by Crippen LogP contribution is -2.51. The Bertz CT molecular complexity index is 1430. The van der Waals surface area contributed by atoms with E-state index in [-0.39, 0.29) is 23.6 Å². The van der Waals surface area contributed by atoms with Gasteiger partial charge in [0, 0.05) is 17.2 Å². The number of hydrogen-bond acceptors (Lipinski definition) is 7. The quantitative estimate of drug-likeness (QED) is 0.422. The average Bonchev–Trinajstić information content (AvgIpc) is 3.61. The fourth-order valence-corrected chi connectivity index (χ4v) is 5.74. The van der Waals surface area contributed by atoms with E-state index >= 15 is 0 Å². The monoisotopic (exact) mass is 467 g/mol. The lowest BCUT2D eigenvalue weighted by atomic mass is 9.77. The van der Waals surface area contributed by atoms with E-state index in [2.05, 4.69) is 0 Å². The summed E-state index contributed by atoms with van der Waals surface area (Å²) in [4.78, 5) is 56.3. The van der Waals surface area contributed by atoms with Crippen molar-refractivity contribution in [2.75, 3.05) is 11.7 Å². The fourth-order valence-electron chi connectivity index (χ4n) is 5.74. The van der Waals surface area contributed by atoms with Gasteiger partial charge < -0.3 is 14.2 Å². The number of nitrogens with zero attached hydrogens (tertiary/aromatic N) is 1. The van der Waals surface area contributed by atoms with Crippen LogP contribution >= 0.6 is 0 Å². The van der Waals surface area contributed by atoms with Gasteiger partial charge in [0.2, 0.25) is 35.8 Å². The maximum absolute atomic E-state index is 13.9. The Labute approximate surface area is 199 Å². The maximum atomic E-state index is 13.9. The zero-order valence-electron chi connectivity index (χ0n) is 18.2. The zero-order valence-corrected chi connectivity index (χ0v) is 18.2. The normalized spacial score (nSPS) is 25.5. The molecule has 3 aromatic rings. The standard InChI is InChI=1S/C27H17NO7/c29-23-16-8-4-5-9-17(16)24(30)27(23)21-20(22(35-27)14-6-2-1-3-7-14)25(31)28(26(21)32)15-10-11-18-19(12-15)34-13-33-18/h1-12,20-22H,13H2/t20-,21+,22+/m0/s1. The van der Waals surface area contributed by atoms with Crippen molar-refractivity contribution in [1.82, 2.24) is 0 Å². The van der Waals surface area contributed by atoms with E-state index in [1.165, 1.54) is 0 Å². The van der Waals surface area contributed by atoms with E-state index in [4.69, 9.17) is 14.2 Å². The molecule has 0 aromatic heterocycles. The molecule has 0 unspecified atom stereocenters. The van der Waals surface area contributed by atoms with Crippen LogP contribution in [0.15, 0.2) is 72.8 Å². The van der Waals surface area contributed by atoms with Gasteiger partial charge in [-0.2, -0.15) is 0 Å². The summed E-state index contributed by atoms with van der Waals surface area (Å²) in [6, 6.07) is 20.1. The molecule has 8 nitrogen and oxygen atoms in total. The van der Waals surface area contributed by atoms with Crippen LogP contribution in [0.5, 0.6) is 11.5 Å². The summed E-state index contributed by atoms with van der Waals surface area (Å²) in [6.07, 6.45) is -0.945. The van der Waals surface area contributed by atoms with Crippen molar-refractivity contribution in [3.05, 3.63) is 89.5 Å². The molecule has 8 heteroatoms. The highest BCUT2D eigenvalue weighted by molar-refractivity contribution is 6.37. The predicted octanol–water partition coefficient (Wildman–Crippen LogP) is 3.11. The number of fused-ring (bicyclic) bond motifs is 4. The summed E-state index contributed by atoms with van der Waals surface area (Å²) >= 11 is 0. The minimum absolute atomic E-state index is 0.0419. The number of carbonyl (C=O) groups is 4. The largest absolute Gasteiger partial charge is 0.454 e. The first-order chi connectivity index (χ1) is 17.0. The van der Waals surface area contributed by atoms with E-state index in [1.807, 2.05) is 6.07 Å². The van der Waals surface area contributed by atoms with Gasteiger partial charge in [-0.15, -0.1) is 0 Å². The first-order valence-electron chi connectivity index (χ1n) is 11.2. The molecule has 0 bridgehead atoms. The average molecular weight is 467 g/mol. The zero-order chi connectivity index (χ0) is 23.9. The Morgan fingerprint density at radius 2 is 1.40 bits per heavy atom. The molecule has 2 amide bonds. The van der Waals surface area contributed by atoms with Gasteiger partial charge in [-0.05, 0) is 17.7 Å². The summed E-state index contributed by atoms with van der Waals surface area (Å²) < 4.78 is 17.0. The summed E-state index contributed by atoms with van der Waals surface area (Å²) in [6.45, 7) is 0.0419. The molecule has 35 heavy (non-hydrogen) atoms. The summed E-state index contributed by atoms with van der Waals surface area (Å²) in [5, 5.41) is 0. The van der Waals surface area contributed by atoms with E-state index in [0.29, 0.717) is 17.1 Å². The Kier molecular flexibility index (Phi) is 3.94. The highest BCUT2D eigenvalue weighted by Gasteiger charge is 2.74. The van der Waals surface area contributed by atoms with Crippen LogP contribution in [0.25, 0.3) is 0 Å². The van der Waals surface area contributed by atoms with Crippen LogP contribution in [0.3, 0.4) is 0 Å². The van der Waals surface area contributed by atoms with E-state index in [0.717, 1.165) is 4.90 Å². The van der Waals surface area contributed by atoms with Crippen LogP contribution in [-0.4, -0.2) is 35.8 Å². The summed E-state index contributed by atoms with van der Waals surface area (Å²) in [7, 11) is 0. The van der Waals surface area contributed by atoms with Gasteiger partial charge in [0.05, 0.1) is 23.6 Å². The Hall–Kier alpha value is -4.30. The van der Waals surface area contributed by atoms with Crippen LogP contribution in [0, 0.1) is 11.8 Å². The van der Waals surface area contributed by atoms with Crippen LogP contribution in [-0.2, 0) is 14.3 Å². The first kappa shape index (κ1) is 20.1. The lowest BCUT2D eigenvalue weighted by molar-refractivity contribution is -0.127. The predicted molar refractivity (Wildman–Crippen MR) is 120 cm³/mol. The van der Waals surface area contributed by atoms with Crippen molar-refractivity contribution in [2.45, 2.75) is 11.7 Å². The Morgan fingerprint density at radius 1 is 0.743 bits per heavy atom. The second-order valence-electron chi connectivity index (χ2n) is 8.94. The van der Waals surface area contributed by atoms with E-state index in [9.17, 15) is 19.2 Å². The van der Waals surface area contributed by atoms with Crippen LogP contribution in [0.4, 0.5) is 5.69 Å². The van der Waals surface area contributed by atoms with Gasteiger partial charge in [0.1, 0.15) is 0 Å². The number of anilines is 1. The molecule has 3 atom stereocenters. The summed E-state index contributed by atoms with van der Waals surface area (Å²) in [5.41, 5.74) is -0.786. The van der Waals surface area contributed by atoms with E-state index in [1.54, 1.807) is 66.7 Å². The maximum Gasteiger partial charge on any atom is 0.241 e. The van der Waals surface area contributed by atoms with Gasteiger partial charge in [0.15, 0.2) is 11.5 Å². The molecule has 0 saturated carbocycles. The second-order valence-corrected chi connectivity index (χ2v) is 8.94. The van der Waals surface area contributed by atoms with Crippen molar-refractivity contribution in [3.63, 3.8) is 0 Å². The molecule has 1 spiro atoms. The molecule has 172 valence electrons. The third-order valence-electron chi connectivity index (χ3n) is 7.26. The van der Waals surface area contributed by atoms with Crippen LogP contribution in [0.2, 0.25) is 0 Å². The number of rotatable bonds is 2. The number of ketones is 2. The smallest absolute Gasteiger partial charge is 0.241 e. The highest BCUT2D eigenvalue weighted by Crippen LogP contribution is 2.58. The molecule has 4 aliphatic rings. The third kappa shape index (κ3) is 2.44. The van der Waals surface area contributed by atoms with Crippen LogP contribution in [0.1, 0.15) is 32.4 Å². The Morgan fingerprint density at radius 3 is 2.11 bits per heavy atom. The minimum Gasteiger partial charge on any atom is -0.454 e. The fraction of sp³-hybridized carbons (Fsp3) is 0.185. The summed E-state index contributed by atoms with van der Waals surface area (Å²) in [5.74, 6) is -3.76. The number of hydrogen-bond donors (Lipinski definition) is 0. The molecule has 1 aliphatic carbocycles. The molecule has 7 rings (SSSR count). The van der Waals surface area contributed by atoms with Gasteiger partial charge in [-0.25, -0.2) is 4.90 Å². The highest BCUT2D eigenvalue weighted by atomic mass is 16.7. The SMILES string of the molecule is O=C1[C@@H]2[C@@H](c3ccccc3)OC3(C(=O)c4ccccc4C3=O)[C@H]2C(=O)N1c1ccc2c(c1)OCO2. The number of benzene rings is 3. The van der Waals surface area contributed by atoms with Crippen molar-refractivity contribution in [3.8, 4) is 11.5 Å². The second kappa shape index (κ2) is 6.86. The molecule has 2 fully saturated rings. The molecular weight excluding hydrogens is 450 g/mol. The van der Waals surface area contributed by atoms with Crippen molar-refractivity contribution in [2.24, 2.45) is 11.8 Å². The van der Waals surface area contributed by atoms with Crippen molar-refractivity contribution >= 4 is 29.1 Å². The first-order valence-corrected chi connectivity index (χ1v) is 11.2. The molecule has 3 heterocycles. The molecule has 3 aliphatic heterocycles. The number of amides is 2. The van der Waals surface area contributed by atoms with E-state index < -0.39 is 46.9 Å². The lowest BCUT2D eigenvalue weighted by Gasteiger charge is -2.27. The van der Waals surface area contributed by atoms with Crippen molar-refractivity contribution in [1.29, 1.82) is 0 Å². The molecule has 0 radical (unpaired) electrons. The number of carbonyl (C=O) groups excluding carboxylic acids is 4. The number of ether oxygens (including phenoxy) is 3. The van der Waals surface area contributed by atoms with Crippen LogP contribution < -0.4 is 14.4 Å². The van der Waals surface area contributed by atoms with Crippen molar-refractivity contribution < 1.29 is 33.4 Å². The Balaban J connectivity index is 1.40. The number of Topliss-reactive ketones (excluding diaryl/α,β-unsaturated/α-hetero) is 2.